The second kappa shape index (κ2) is 19.2. The molecule has 2 amide bonds. The topological polar surface area (TPSA) is 264 Å². The Morgan fingerprint density at radius 1 is 1.10 bits per heavy atom. The van der Waals surface area contributed by atoms with E-state index in [-0.39, 0.29) is 39.8 Å². The SMILES string of the molecule is NCCOCCO/N=C(\C(=O)N[C@@H]1C(=O)N2C(C(=O)O)=C(C[n+]3ccccc3)CS[C@@H]12)c1nc(N)sc1Cl.O=C(O)C(F)(F)F.O=C([O-])C(F)(F)F. The van der Waals surface area contributed by atoms with E-state index in [9.17, 15) is 45.8 Å². The molecule has 0 spiro atoms. The Hall–Kier alpha value is -4.72. The molecular formula is C26H26ClF6N7O10S2. The number of β-lactam (4-membered cyclic amide) rings is 1. The molecule has 0 aliphatic carbocycles. The number of aromatic nitrogens is 2. The lowest BCUT2D eigenvalue weighted by atomic mass is 10.0. The average Bonchev–Trinajstić information content (AvgIpc) is 3.39. The lowest BCUT2D eigenvalue weighted by Crippen LogP contribution is -2.71. The van der Waals surface area contributed by atoms with Crippen molar-refractivity contribution in [3.63, 3.8) is 0 Å². The number of nitrogens with two attached hydrogens (primary N) is 2. The van der Waals surface area contributed by atoms with E-state index in [1.165, 1.54) is 16.7 Å². The number of rotatable bonds is 12. The number of anilines is 1. The van der Waals surface area contributed by atoms with E-state index in [1.807, 2.05) is 35.2 Å². The third kappa shape index (κ3) is 12.5. The summed E-state index contributed by atoms with van der Waals surface area (Å²) in [6.07, 6.45) is -6.65. The molecule has 4 rings (SSSR count). The van der Waals surface area contributed by atoms with Crippen molar-refractivity contribution in [3.8, 4) is 0 Å². The summed E-state index contributed by atoms with van der Waals surface area (Å²) in [6.45, 7) is 1.22. The number of halogens is 7. The first-order valence-corrected chi connectivity index (χ1v) is 16.1. The van der Waals surface area contributed by atoms with Gasteiger partial charge in [0, 0.05) is 30.0 Å². The van der Waals surface area contributed by atoms with Crippen LogP contribution in [0.5, 0.6) is 0 Å². The van der Waals surface area contributed by atoms with Crippen molar-refractivity contribution in [2.75, 3.05) is 37.9 Å². The van der Waals surface area contributed by atoms with Crippen LogP contribution in [0.1, 0.15) is 5.69 Å². The molecule has 0 unspecified atom stereocenters. The molecule has 52 heavy (non-hydrogen) atoms. The second-order valence-electron chi connectivity index (χ2n) is 9.60. The smallest absolute Gasteiger partial charge is 0.490 e. The number of aliphatic carboxylic acids is 3. The summed E-state index contributed by atoms with van der Waals surface area (Å²) in [5.41, 5.74) is 11.3. The predicted octanol–water partition coefficient (Wildman–Crippen LogP) is -0.267. The van der Waals surface area contributed by atoms with Crippen LogP contribution in [0.15, 0.2) is 47.0 Å². The van der Waals surface area contributed by atoms with Gasteiger partial charge in [-0.15, -0.1) is 11.8 Å². The average molecular weight is 810 g/mol. The molecule has 286 valence electrons. The molecule has 2 aromatic heterocycles. The van der Waals surface area contributed by atoms with Crippen LogP contribution in [0, 0.1) is 0 Å². The van der Waals surface area contributed by atoms with E-state index in [4.69, 9.17) is 52.4 Å². The summed E-state index contributed by atoms with van der Waals surface area (Å²) in [4.78, 5) is 66.5. The van der Waals surface area contributed by atoms with E-state index in [0.717, 1.165) is 11.3 Å². The number of ether oxygens (including phenoxy) is 1. The van der Waals surface area contributed by atoms with E-state index in [2.05, 4.69) is 15.5 Å². The Kier molecular flexibility index (Phi) is 16.0. The standard InChI is InChI=1S/C22H24ClN7O6S2.2C2HF3O2/c23-17-13(27-22(25)38-17)14(28-36-9-8-35-7-4-24)18(31)26-15-19(32)30-16(21(33)34)12(11-37-20(15)30)10-29-5-2-1-3-6-29;2*3-2(4,5)1(6)7/h1-3,5-6,15,20H,4,7-11,24H2,(H3-,25,26,27,31,33,34);2*(H,6,7)/b28-14-;;/t15-,20+;;/m1../s1. The van der Waals surface area contributed by atoms with Gasteiger partial charge in [-0.1, -0.05) is 34.2 Å². The summed E-state index contributed by atoms with van der Waals surface area (Å²) < 4.78 is 70.4. The molecule has 0 aromatic carbocycles. The molecule has 1 saturated heterocycles. The van der Waals surface area contributed by atoms with E-state index in [1.54, 1.807) is 0 Å². The number of carboxylic acids is 3. The van der Waals surface area contributed by atoms with Crippen molar-refractivity contribution in [1.82, 2.24) is 15.2 Å². The minimum absolute atomic E-state index is 0.00256. The number of nitrogen functional groups attached to an aromatic ring is 1. The fourth-order valence-electron chi connectivity index (χ4n) is 3.82. The first-order valence-electron chi connectivity index (χ1n) is 13.8. The van der Waals surface area contributed by atoms with Crippen molar-refractivity contribution in [2.24, 2.45) is 10.9 Å². The number of thiazole rings is 1. The lowest BCUT2D eigenvalue weighted by molar-refractivity contribution is -0.689. The molecule has 2 aliphatic heterocycles. The second-order valence-corrected chi connectivity index (χ2v) is 12.3. The molecule has 1 fully saturated rings. The number of carbonyl (C=O) groups excluding carboxylic acids is 3. The first kappa shape index (κ1) is 43.4. The van der Waals surface area contributed by atoms with E-state index in [0.29, 0.717) is 31.0 Å². The monoisotopic (exact) mass is 809 g/mol. The summed E-state index contributed by atoms with van der Waals surface area (Å²) in [5.74, 6) is -7.93. The minimum Gasteiger partial charge on any atom is -0.542 e. The molecule has 26 heteroatoms. The fraction of sp³-hybridized carbons (Fsp3) is 0.385. The number of nitrogens with one attached hydrogen (secondary N) is 1. The lowest BCUT2D eigenvalue weighted by Gasteiger charge is -2.49. The molecule has 7 N–H and O–H groups in total. The number of thioether (sulfide) groups is 1. The Morgan fingerprint density at radius 2 is 1.69 bits per heavy atom. The van der Waals surface area contributed by atoms with Crippen LogP contribution in [-0.4, -0.2) is 111 Å². The number of carbonyl (C=O) groups is 5. The first-order chi connectivity index (χ1) is 24.2. The normalized spacial score (nSPS) is 17.0. The number of hydrogen-bond acceptors (Lipinski definition) is 14. The highest BCUT2D eigenvalue weighted by Gasteiger charge is 2.55. The third-order valence-electron chi connectivity index (χ3n) is 5.94. The Morgan fingerprint density at radius 3 is 2.17 bits per heavy atom. The van der Waals surface area contributed by atoms with Crippen LogP contribution < -0.4 is 26.5 Å². The van der Waals surface area contributed by atoms with Gasteiger partial charge < -0.3 is 46.5 Å². The van der Waals surface area contributed by atoms with Gasteiger partial charge >= 0.3 is 24.3 Å². The van der Waals surface area contributed by atoms with Crippen LogP contribution in [0.25, 0.3) is 0 Å². The number of pyridine rings is 1. The van der Waals surface area contributed by atoms with Gasteiger partial charge in [0.15, 0.2) is 29.8 Å². The molecule has 0 radical (unpaired) electrons. The largest absolute Gasteiger partial charge is 0.542 e. The highest BCUT2D eigenvalue weighted by Crippen LogP contribution is 2.40. The van der Waals surface area contributed by atoms with Gasteiger partial charge in [-0.25, -0.2) is 19.1 Å². The molecule has 0 bridgehead atoms. The Labute approximate surface area is 300 Å². The number of nitrogens with zero attached hydrogens (tertiary/aromatic N) is 4. The maximum atomic E-state index is 13.2. The van der Waals surface area contributed by atoms with Crippen LogP contribution in [0.4, 0.5) is 31.5 Å². The highest BCUT2D eigenvalue weighted by molar-refractivity contribution is 8.00. The van der Waals surface area contributed by atoms with Crippen molar-refractivity contribution < 1.29 is 79.8 Å². The van der Waals surface area contributed by atoms with Gasteiger partial charge in [-0.2, -0.15) is 26.3 Å². The summed E-state index contributed by atoms with van der Waals surface area (Å²) in [6, 6.07) is 4.53. The minimum atomic E-state index is -5.19. The summed E-state index contributed by atoms with van der Waals surface area (Å²) in [7, 11) is 0. The molecule has 4 heterocycles. The van der Waals surface area contributed by atoms with Crippen LogP contribution >= 0.6 is 34.7 Å². The molecule has 2 aromatic rings. The Balaban J connectivity index is 0.000000564. The maximum Gasteiger partial charge on any atom is 0.490 e. The van der Waals surface area contributed by atoms with Gasteiger partial charge in [0.05, 0.1) is 13.2 Å². The van der Waals surface area contributed by atoms with Crippen molar-refractivity contribution in [2.45, 2.75) is 30.3 Å². The van der Waals surface area contributed by atoms with Crippen LogP contribution in [-0.2, 0) is 40.1 Å². The van der Waals surface area contributed by atoms with Gasteiger partial charge in [0.25, 0.3) is 11.8 Å². The summed E-state index contributed by atoms with van der Waals surface area (Å²) >= 11 is 8.50. The maximum absolute atomic E-state index is 13.2. The Bertz CT molecular complexity index is 1650. The quantitative estimate of drug-likeness (QED) is 0.0462. The van der Waals surface area contributed by atoms with Crippen LogP contribution in [0.3, 0.4) is 0 Å². The molecule has 0 saturated carbocycles. The number of amides is 2. The number of alkyl halides is 6. The fourth-order valence-corrected chi connectivity index (χ4v) is 6.09. The van der Waals surface area contributed by atoms with Gasteiger partial charge in [-0.3, -0.25) is 14.5 Å². The summed E-state index contributed by atoms with van der Waals surface area (Å²) in [5, 5.41) is 31.8. The van der Waals surface area contributed by atoms with Crippen molar-refractivity contribution in [1.29, 1.82) is 0 Å². The number of hydrogen-bond donors (Lipinski definition) is 5. The highest BCUT2D eigenvalue weighted by atomic mass is 35.5. The van der Waals surface area contributed by atoms with Crippen molar-refractivity contribution in [3.05, 3.63) is 51.9 Å². The van der Waals surface area contributed by atoms with E-state index < -0.39 is 53.5 Å². The van der Waals surface area contributed by atoms with Gasteiger partial charge in [0.2, 0.25) is 0 Å². The van der Waals surface area contributed by atoms with Gasteiger partial charge in [0.1, 0.15) is 39.7 Å². The molecule has 17 nitrogen and oxygen atoms in total. The molecule has 2 atom stereocenters. The zero-order valence-electron chi connectivity index (χ0n) is 25.9. The van der Waals surface area contributed by atoms with Crippen molar-refractivity contribution >= 4 is 75.3 Å². The number of carboxylic acid groups (broad SMARTS) is 3. The van der Waals surface area contributed by atoms with E-state index >= 15 is 0 Å². The number of oxime groups is 1. The number of fused-ring (bicyclic) bond motifs is 1. The third-order valence-corrected chi connectivity index (χ3v) is 8.36. The molecule has 2 aliphatic rings. The van der Waals surface area contributed by atoms with Gasteiger partial charge in [-0.05, 0) is 0 Å². The molecular weight excluding hydrogens is 784 g/mol. The van der Waals surface area contributed by atoms with Crippen LogP contribution in [0.2, 0.25) is 4.34 Å². The zero-order chi connectivity index (χ0) is 39.4. The predicted molar refractivity (Wildman–Crippen MR) is 165 cm³/mol. The zero-order valence-corrected chi connectivity index (χ0v) is 28.2.